The van der Waals surface area contributed by atoms with Gasteiger partial charge < -0.3 is 14.4 Å². The Balaban J connectivity index is 2.09. The molecule has 0 radical (unpaired) electrons. The van der Waals surface area contributed by atoms with Crippen LogP contribution in [0, 0.1) is 0 Å². The third-order valence-corrected chi connectivity index (χ3v) is 6.47. The molecule has 0 amide bonds. The number of unbranched alkanes of at least 4 members (excludes halogenated alkanes) is 1. The Morgan fingerprint density at radius 1 is 1.25 bits per heavy atom. The molecule has 6 heteroatoms. The molecule has 0 spiro atoms. The summed E-state index contributed by atoms with van der Waals surface area (Å²) in [7, 11) is 0. The van der Waals surface area contributed by atoms with Crippen molar-refractivity contribution in [1.29, 1.82) is 0 Å². The maximum Gasteiger partial charge on any atom is 0.162 e. The summed E-state index contributed by atoms with van der Waals surface area (Å²) < 4.78 is 2.19. The summed E-state index contributed by atoms with van der Waals surface area (Å²) in [6.45, 7) is 19.2. The average Bonchev–Trinajstić information content (AvgIpc) is 3.16. The molecule has 2 heterocycles. The molecule has 0 saturated heterocycles. The van der Waals surface area contributed by atoms with Crippen LogP contribution < -0.4 is 4.90 Å². The van der Waals surface area contributed by atoms with Crippen LogP contribution in [-0.4, -0.2) is 27.7 Å². The molecule has 0 atom stereocenters. The molecule has 3 rings (SSSR count). The van der Waals surface area contributed by atoms with Gasteiger partial charge in [-0.1, -0.05) is 80.1 Å². The van der Waals surface area contributed by atoms with Gasteiger partial charge in [-0.25, -0.2) is 4.98 Å². The van der Waals surface area contributed by atoms with Gasteiger partial charge in [-0.3, -0.25) is 0 Å². The first-order chi connectivity index (χ1) is 15.4. The van der Waals surface area contributed by atoms with Crippen molar-refractivity contribution < 1.29 is 0 Å². The smallest absolute Gasteiger partial charge is 0.162 e. The van der Waals surface area contributed by atoms with Crippen LogP contribution in [0.25, 0.3) is 17.1 Å². The van der Waals surface area contributed by atoms with E-state index in [-0.39, 0.29) is 0 Å². The molecule has 0 fully saturated rings. The normalized spacial score (nSPS) is 14.0. The van der Waals surface area contributed by atoms with Crippen molar-refractivity contribution in [1.82, 2.24) is 14.5 Å². The lowest BCUT2D eigenvalue weighted by molar-refractivity contribution is 0.383. The summed E-state index contributed by atoms with van der Waals surface area (Å²) in [5, 5.41) is 1.51. The topological polar surface area (TPSA) is 24.3 Å². The van der Waals surface area contributed by atoms with Gasteiger partial charge in [-0.05, 0) is 38.3 Å². The van der Waals surface area contributed by atoms with Crippen molar-refractivity contribution in [3.8, 4) is 11.4 Å². The first-order valence-corrected chi connectivity index (χ1v) is 11.8. The predicted octanol–water partition coefficient (Wildman–Crippen LogP) is 7.68. The number of rotatable bonds is 10. The Morgan fingerprint density at radius 3 is 2.66 bits per heavy atom. The fourth-order valence-electron chi connectivity index (χ4n) is 3.86. The molecule has 1 aromatic carbocycles. The van der Waals surface area contributed by atoms with Crippen LogP contribution in [0.4, 0.5) is 5.82 Å². The Morgan fingerprint density at radius 2 is 2.00 bits per heavy atom. The number of nitrogens with zero attached hydrogens (tertiary/aromatic N) is 4. The predicted molar refractivity (Wildman–Crippen MR) is 139 cm³/mol. The quantitative estimate of drug-likeness (QED) is 0.332. The second kappa shape index (κ2) is 10.9. The van der Waals surface area contributed by atoms with Crippen LogP contribution in [0.3, 0.4) is 0 Å². The molecule has 0 bridgehead atoms. The molecule has 1 aromatic heterocycles. The SMILES string of the molecule is C=CN1CN(CCCC)C(=C)c2c1nc(-c1ccccc1Cl)n2CC(=C)CC/C(Cl)=C\C. The molecular formula is C26H32Cl2N4. The van der Waals surface area contributed by atoms with Crippen LogP contribution in [0.15, 0.2) is 66.9 Å². The molecule has 0 saturated carbocycles. The molecule has 0 N–H and O–H groups in total. The Labute approximate surface area is 202 Å². The van der Waals surface area contributed by atoms with Crippen LogP contribution in [0.5, 0.6) is 0 Å². The number of imidazole rings is 1. The Kier molecular flexibility index (Phi) is 8.27. The van der Waals surface area contributed by atoms with Crippen molar-refractivity contribution in [2.24, 2.45) is 0 Å². The zero-order valence-electron chi connectivity index (χ0n) is 19.1. The zero-order chi connectivity index (χ0) is 23.3. The second-order valence-corrected chi connectivity index (χ2v) is 8.91. The van der Waals surface area contributed by atoms with Gasteiger partial charge >= 0.3 is 0 Å². The summed E-state index contributed by atoms with van der Waals surface area (Å²) in [6.07, 6.45) is 7.56. The number of benzene rings is 1. The van der Waals surface area contributed by atoms with E-state index in [0.717, 1.165) is 71.4 Å². The molecule has 32 heavy (non-hydrogen) atoms. The third kappa shape index (κ3) is 5.13. The van der Waals surface area contributed by atoms with Gasteiger partial charge in [-0.2, -0.15) is 0 Å². The van der Waals surface area contributed by atoms with Crippen LogP contribution in [0.1, 0.15) is 45.2 Å². The minimum Gasteiger partial charge on any atom is -0.352 e. The highest BCUT2D eigenvalue weighted by Crippen LogP contribution is 2.39. The second-order valence-electron chi connectivity index (χ2n) is 8.02. The zero-order valence-corrected chi connectivity index (χ0v) is 20.6. The fourth-order valence-corrected chi connectivity index (χ4v) is 4.17. The maximum atomic E-state index is 6.59. The lowest BCUT2D eigenvalue weighted by Gasteiger charge is -2.37. The summed E-state index contributed by atoms with van der Waals surface area (Å²) in [5.74, 6) is 1.66. The van der Waals surface area contributed by atoms with Gasteiger partial charge in [-0.15, -0.1) is 0 Å². The van der Waals surface area contributed by atoms with Gasteiger partial charge in [0.25, 0.3) is 0 Å². The van der Waals surface area contributed by atoms with Gasteiger partial charge in [0.15, 0.2) is 5.82 Å². The van der Waals surface area contributed by atoms with Gasteiger partial charge in [0.05, 0.1) is 17.4 Å². The van der Waals surface area contributed by atoms with Crippen molar-refractivity contribution in [2.75, 3.05) is 18.1 Å². The van der Waals surface area contributed by atoms with E-state index in [2.05, 4.69) is 41.0 Å². The van der Waals surface area contributed by atoms with Crippen molar-refractivity contribution >= 4 is 34.7 Å². The number of aromatic nitrogens is 2. The third-order valence-electron chi connectivity index (χ3n) is 5.73. The number of halogens is 2. The van der Waals surface area contributed by atoms with E-state index < -0.39 is 0 Å². The molecular weight excluding hydrogens is 439 g/mol. The molecule has 0 unspecified atom stereocenters. The molecule has 1 aliphatic heterocycles. The number of fused-ring (bicyclic) bond motifs is 1. The van der Waals surface area contributed by atoms with E-state index in [4.69, 9.17) is 28.2 Å². The van der Waals surface area contributed by atoms with Crippen LogP contribution in [-0.2, 0) is 6.54 Å². The van der Waals surface area contributed by atoms with E-state index in [1.165, 1.54) is 0 Å². The molecule has 170 valence electrons. The minimum atomic E-state index is 0.613. The van der Waals surface area contributed by atoms with Gasteiger partial charge in [0.2, 0.25) is 0 Å². The molecule has 4 nitrogen and oxygen atoms in total. The fraction of sp³-hybridized carbons (Fsp3) is 0.346. The highest BCUT2D eigenvalue weighted by Gasteiger charge is 2.31. The van der Waals surface area contributed by atoms with Gasteiger partial charge in [0, 0.05) is 29.9 Å². The largest absolute Gasteiger partial charge is 0.352 e. The lowest BCUT2D eigenvalue weighted by atomic mass is 10.1. The van der Waals surface area contributed by atoms with E-state index in [1.807, 2.05) is 43.5 Å². The Bertz CT molecular complexity index is 1030. The first kappa shape index (κ1) is 24.2. The van der Waals surface area contributed by atoms with E-state index >= 15 is 0 Å². The number of hydrogen-bond acceptors (Lipinski definition) is 3. The standard InChI is InChI=1S/C26H32Cl2N4/c1-6-9-16-31-18-30(8-3)26-24(20(31)5)32(17-19(4)14-15-21(27)7-2)25(29-26)22-12-10-11-13-23(22)28/h7-8,10-13H,3-6,9,14-18H2,1-2H3/b21-7+. The van der Waals surface area contributed by atoms with E-state index in [1.54, 1.807) is 0 Å². The Hall–Kier alpha value is -2.43. The maximum absolute atomic E-state index is 6.59. The number of allylic oxidation sites excluding steroid dienone is 3. The van der Waals surface area contributed by atoms with E-state index in [0.29, 0.717) is 18.2 Å². The summed E-state index contributed by atoms with van der Waals surface area (Å²) >= 11 is 12.8. The molecule has 1 aliphatic rings. The summed E-state index contributed by atoms with van der Waals surface area (Å²) in [5.41, 5.74) is 3.92. The van der Waals surface area contributed by atoms with E-state index in [9.17, 15) is 0 Å². The number of hydrogen-bond donors (Lipinski definition) is 0. The van der Waals surface area contributed by atoms with Crippen LogP contribution >= 0.6 is 23.2 Å². The minimum absolute atomic E-state index is 0.613. The number of anilines is 1. The van der Waals surface area contributed by atoms with Crippen molar-refractivity contribution in [2.45, 2.75) is 46.1 Å². The molecule has 2 aromatic rings. The highest BCUT2D eigenvalue weighted by atomic mass is 35.5. The highest BCUT2D eigenvalue weighted by molar-refractivity contribution is 6.33. The molecule has 0 aliphatic carbocycles. The first-order valence-electron chi connectivity index (χ1n) is 11.1. The lowest BCUT2D eigenvalue weighted by Crippen LogP contribution is -2.39. The monoisotopic (exact) mass is 470 g/mol. The van der Waals surface area contributed by atoms with Gasteiger partial charge in [0.1, 0.15) is 11.5 Å². The summed E-state index contributed by atoms with van der Waals surface area (Å²) in [4.78, 5) is 9.40. The summed E-state index contributed by atoms with van der Waals surface area (Å²) in [6, 6.07) is 7.80. The van der Waals surface area contributed by atoms with Crippen molar-refractivity contribution in [3.63, 3.8) is 0 Å². The van der Waals surface area contributed by atoms with Crippen molar-refractivity contribution in [3.05, 3.63) is 77.6 Å². The van der Waals surface area contributed by atoms with Crippen LogP contribution in [0.2, 0.25) is 5.02 Å². The average molecular weight is 471 g/mol.